The molecule has 10 aromatic carbocycles. The van der Waals surface area contributed by atoms with E-state index in [0.29, 0.717) is 17.5 Å². The Morgan fingerprint density at radius 2 is 0.772 bits per heavy atom. The summed E-state index contributed by atoms with van der Waals surface area (Å²) in [6.07, 6.45) is 0. The summed E-state index contributed by atoms with van der Waals surface area (Å²) in [5, 5.41) is 13.9. The molecule has 12 rings (SSSR count). The van der Waals surface area contributed by atoms with Gasteiger partial charge in [0.05, 0.1) is 0 Å². The Balaban J connectivity index is 1.16. The van der Waals surface area contributed by atoms with E-state index in [1.165, 1.54) is 32.3 Å². The molecule has 4 nitrogen and oxygen atoms in total. The van der Waals surface area contributed by atoms with Crippen LogP contribution in [0, 0.1) is 0 Å². The van der Waals surface area contributed by atoms with Gasteiger partial charge in [-0.3, -0.25) is 0 Å². The van der Waals surface area contributed by atoms with Gasteiger partial charge in [-0.1, -0.05) is 170 Å². The molecule has 264 valence electrons. The Bertz CT molecular complexity index is 3480. The molecule has 0 atom stereocenters. The third-order valence-corrected chi connectivity index (χ3v) is 11.5. The summed E-state index contributed by atoms with van der Waals surface area (Å²) in [6, 6.07) is 66.1. The first-order valence-electron chi connectivity index (χ1n) is 19.3. The van der Waals surface area contributed by atoms with Crippen LogP contribution in [0.1, 0.15) is 0 Å². The Labute approximate surface area is 327 Å². The first-order chi connectivity index (χ1) is 28.3. The van der Waals surface area contributed by atoms with Crippen LogP contribution in [0.5, 0.6) is 0 Å². The number of aromatic nitrogens is 3. The Morgan fingerprint density at radius 1 is 0.316 bits per heavy atom. The second kappa shape index (κ2) is 12.4. The average Bonchev–Trinajstić information content (AvgIpc) is 3.66. The van der Waals surface area contributed by atoms with Crippen molar-refractivity contribution in [3.8, 4) is 45.3 Å². The van der Waals surface area contributed by atoms with Crippen molar-refractivity contribution >= 4 is 75.8 Å². The Morgan fingerprint density at radius 3 is 1.42 bits per heavy atom. The number of furan rings is 1. The van der Waals surface area contributed by atoms with Gasteiger partial charge in [-0.2, -0.15) is 0 Å². The van der Waals surface area contributed by atoms with E-state index in [2.05, 4.69) is 127 Å². The molecule has 0 aliphatic rings. The lowest BCUT2D eigenvalue weighted by Crippen LogP contribution is -2.00. The molecule has 4 heteroatoms. The maximum atomic E-state index is 7.08. The van der Waals surface area contributed by atoms with Gasteiger partial charge in [0, 0.05) is 38.4 Å². The van der Waals surface area contributed by atoms with Crippen molar-refractivity contribution in [2.45, 2.75) is 0 Å². The van der Waals surface area contributed by atoms with Gasteiger partial charge in [0.15, 0.2) is 17.5 Å². The summed E-state index contributed by atoms with van der Waals surface area (Å²) in [7, 11) is 0. The molecule has 0 amide bonds. The van der Waals surface area contributed by atoms with E-state index in [-0.39, 0.29) is 0 Å². The van der Waals surface area contributed by atoms with Crippen LogP contribution in [0.4, 0.5) is 0 Å². The molecule has 0 saturated heterocycles. The lowest BCUT2D eigenvalue weighted by atomic mass is 9.88. The Kier molecular flexibility index (Phi) is 6.89. The van der Waals surface area contributed by atoms with Gasteiger partial charge in [-0.05, 0) is 72.2 Å². The van der Waals surface area contributed by atoms with Gasteiger partial charge in [-0.25, -0.2) is 15.0 Å². The van der Waals surface area contributed by atoms with E-state index >= 15 is 0 Å². The van der Waals surface area contributed by atoms with Crippen LogP contribution in [0.25, 0.3) is 121 Å². The summed E-state index contributed by atoms with van der Waals surface area (Å²) in [4.78, 5) is 15.2. The molecular weight excluding hydrogens is 695 g/mol. The van der Waals surface area contributed by atoms with Gasteiger partial charge >= 0.3 is 0 Å². The predicted molar refractivity (Wildman–Crippen MR) is 236 cm³/mol. The quantitative estimate of drug-likeness (QED) is 0.170. The third kappa shape index (κ3) is 4.84. The second-order valence-electron chi connectivity index (χ2n) is 14.6. The van der Waals surface area contributed by atoms with Gasteiger partial charge in [0.2, 0.25) is 0 Å². The largest absolute Gasteiger partial charge is 0.455 e. The number of rotatable bonds is 4. The smallest absolute Gasteiger partial charge is 0.164 e. The first kappa shape index (κ1) is 31.6. The minimum Gasteiger partial charge on any atom is -0.455 e. The fourth-order valence-electron chi connectivity index (χ4n) is 8.97. The molecule has 0 aliphatic carbocycles. The number of benzene rings is 10. The summed E-state index contributed by atoms with van der Waals surface area (Å²) in [6.45, 7) is 0. The maximum absolute atomic E-state index is 7.08. The fraction of sp³-hybridized carbons (Fsp3) is 0. The molecule has 0 radical (unpaired) electrons. The summed E-state index contributed by atoms with van der Waals surface area (Å²) >= 11 is 0. The molecule has 57 heavy (non-hydrogen) atoms. The molecule has 12 aromatic rings. The molecule has 0 saturated carbocycles. The van der Waals surface area contributed by atoms with E-state index in [9.17, 15) is 0 Å². The average molecular weight is 726 g/mol. The zero-order valence-electron chi connectivity index (χ0n) is 30.6. The van der Waals surface area contributed by atoms with Crippen LogP contribution in [0.2, 0.25) is 0 Å². The van der Waals surface area contributed by atoms with E-state index in [1.807, 2.05) is 60.7 Å². The minimum absolute atomic E-state index is 0.632. The van der Waals surface area contributed by atoms with Crippen LogP contribution >= 0.6 is 0 Å². The lowest BCUT2D eigenvalue weighted by Gasteiger charge is -2.15. The molecule has 0 fully saturated rings. The normalized spacial score (nSPS) is 11.9. The van der Waals surface area contributed by atoms with Crippen molar-refractivity contribution < 1.29 is 4.42 Å². The highest BCUT2D eigenvalue weighted by Crippen LogP contribution is 2.48. The maximum Gasteiger partial charge on any atom is 0.164 e. The standard InChI is InChI=1S/C53H31N3O/c1-3-15-32(16-4-1)51-54-52(33-17-5-2-6-18-33)56-53(55-51)44-29-27-42(39-24-11-12-25-40(39)44)47-35-20-8-7-19-34(35)31-46-49(47)45-30-28-43-38-23-10-9-21-36(38)37-22-13-14-26-41(37)48(43)50(45)57-46/h1-31H. The predicted octanol–water partition coefficient (Wildman–Crippen LogP) is 14.2. The number of nitrogens with zero attached hydrogens (tertiary/aromatic N) is 3. The molecule has 0 aliphatic heterocycles. The number of hydrogen-bond donors (Lipinski definition) is 0. The van der Waals surface area contributed by atoms with Crippen molar-refractivity contribution in [3.05, 3.63) is 188 Å². The third-order valence-electron chi connectivity index (χ3n) is 11.5. The van der Waals surface area contributed by atoms with E-state index in [4.69, 9.17) is 19.4 Å². The van der Waals surface area contributed by atoms with Gasteiger partial charge < -0.3 is 4.42 Å². The molecule has 2 aromatic heterocycles. The molecule has 0 spiro atoms. The van der Waals surface area contributed by atoms with E-state index in [1.54, 1.807) is 0 Å². The van der Waals surface area contributed by atoms with Crippen LogP contribution < -0.4 is 0 Å². The van der Waals surface area contributed by atoms with Gasteiger partial charge in [0.25, 0.3) is 0 Å². The lowest BCUT2D eigenvalue weighted by molar-refractivity contribution is 0.673. The topological polar surface area (TPSA) is 51.8 Å². The van der Waals surface area contributed by atoms with Crippen LogP contribution in [0.15, 0.2) is 192 Å². The molecular formula is C53H31N3O. The SMILES string of the molecule is c1ccc(-c2nc(-c3ccccc3)nc(-c3ccc(-c4c5ccccc5cc5oc6c(ccc7c8ccccc8c8ccccc8c76)c45)c4ccccc34)n2)cc1. The van der Waals surface area contributed by atoms with Gasteiger partial charge in [-0.15, -0.1) is 0 Å². The highest BCUT2D eigenvalue weighted by molar-refractivity contribution is 6.34. The fourth-order valence-corrected chi connectivity index (χ4v) is 8.97. The highest BCUT2D eigenvalue weighted by Gasteiger charge is 2.23. The molecule has 0 N–H and O–H groups in total. The number of hydrogen-bond acceptors (Lipinski definition) is 4. The van der Waals surface area contributed by atoms with Crippen LogP contribution in [0.3, 0.4) is 0 Å². The van der Waals surface area contributed by atoms with Crippen molar-refractivity contribution in [2.75, 3.05) is 0 Å². The summed E-state index contributed by atoms with van der Waals surface area (Å²) in [5.41, 5.74) is 6.89. The van der Waals surface area contributed by atoms with E-state index < -0.39 is 0 Å². The summed E-state index contributed by atoms with van der Waals surface area (Å²) in [5.74, 6) is 1.91. The van der Waals surface area contributed by atoms with Crippen LogP contribution in [-0.4, -0.2) is 15.0 Å². The zero-order valence-corrected chi connectivity index (χ0v) is 30.6. The monoisotopic (exact) mass is 725 g/mol. The minimum atomic E-state index is 0.632. The summed E-state index contributed by atoms with van der Waals surface area (Å²) < 4.78 is 7.08. The van der Waals surface area contributed by atoms with Gasteiger partial charge in [0.1, 0.15) is 11.2 Å². The van der Waals surface area contributed by atoms with Crippen molar-refractivity contribution in [1.82, 2.24) is 15.0 Å². The first-order valence-corrected chi connectivity index (χ1v) is 19.3. The van der Waals surface area contributed by atoms with Crippen LogP contribution in [-0.2, 0) is 0 Å². The number of fused-ring (bicyclic) bond motifs is 12. The van der Waals surface area contributed by atoms with Crippen molar-refractivity contribution in [2.24, 2.45) is 0 Å². The zero-order chi connectivity index (χ0) is 37.5. The van der Waals surface area contributed by atoms with E-state index in [0.717, 1.165) is 71.3 Å². The second-order valence-corrected chi connectivity index (χ2v) is 14.6. The Hall–Kier alpha value is -7.69. The molecule has 0 unspecified atom stereocenters. The van der Waals surface area contributed by atoms with Crippen molar-refractivity contribution in [3.63, 3.8) is 0 Å². The highest BCUT2D eigenvalue weighted by atomic mass is 16.3. The molecule has 2 heterocycles. The van der Waals surface area contributed by atoms with Crippen molar-refractivity contribution in [1.29, 1.82) is 0 Å². The molecule has 0 bridgehead atoms.